The van der Waals surface area contributed by atoms with Crippen LogP contribution in [0.4, 0.5) is 10.7 Å². The van der Waals surface area contributed by atoms with Gasteiger partial charge in [-0.1, -0.05) is 13.8 Å². The van der Waals surface area contributed by atoms with Gasteiger partial charge >= 0.3 is 6.09 Å². The molecule has 4 heterocycles. The number of likely N-dealkylation sites (tertiary alicyclic amines) is 1. The van der Waals surface area contributed by atoms with Crippen LogP contribution in [0.2, 0.25) is 0 Å². The second kappa shape index (κ2) is 7.20. The van der Waals surface area contributed by atoms with E-state index in [0.717, 1.165) is 43.0 Å². The van der Waals surface area contributed by atoms with Crippen LogP contribution in [-0.4, -0.2) is 68.4 Å². The third kappa shape index (κ3) is 3.63. The molecule has 2 aliphatic rings. The van der Waals surface area contributed by atoms with Crippen molar-refractivity contribution >= 4 is 17.7 Å². The van der Waals surface area contributed by atoms with Gasteiger partial charge in [-0.3, -0.25) is 0 Å². The van der Waals surface area contributed by atoms with E-state index in [1.807, 2.05) is 20.0 Å². The van der Waals surface area contributed by atoms with E-state index in [0.29, 0.717) is 25.0 Å². The van der Waals surface area contributed by atoms with Crippen LogP contribution in [0.25, 0.3) is 5.65 Å². The van der Waals surface area contributed by atoms with Gasteiger partial charge in [0.25, 0.3) is 0 Å². The van der Waals surface area contributed by atoms with Crippen molar-refractivity contribution in [1.29, 1.82) is 0 Å². The molecule has 0 aliphatic carbocycles. The molecule has 0 atom stereocenters. The SMILES string of the molecule is Cc1nc(NC2CCN(C(=O)OC3(C)CNC3)CC2)n2ncc(C(C)C)c2n1. The van der Waals surface area contributed by atoms with E-state index >= 15 is 0 Å². The number of carbonyl (C=O) groups is 1. The largest absolute Gasteiger partial charge is 0.440 e. The molecule has 0 spiro atoms. The van der Waals surface area contributed by atoms with Crippen molar-refractivity contribution in [2.24, 2.45) is 0 Å². The van der Waals surface area contributed by atoms with Gasteiger partial charge in [-0.15, -0.1) is 0 Å². The lowest BCUT2D eigenvalue weighted by Gasteiger charge is -2.41. The third-order valence-electron chi connectivity index (χ3n) is 5.55. The van der Waals surface area contributed by atoms with Crippen molar-refractivity contribution < 1.29 is 9.53 Å². The number of carbonyl (C=O) groups excluding carboxylic acids is 1. The molecule has 2 aliphatic heterocycles. The molecule has 0 aromatic carbocycles. The molecule has 2 aromatic rings. The van der Waals surface area contributed by atoms with E-state index in [1.54, 1.807) is 9.42 Å². The van der Waals surface area contributed by atoms with Gasteiger partial charge in [0, 0.05) is 37.8 Å². The zero-order valence-corrected chi connectivity index (χ0v) is 17.0. The second-order valence-corrected chi connectivity index (χ2v) is 8.41. The molecule has 2 aromatic heterocycles. The zero-order chi connectivity index (χ0) is 19.9. The lowest BCUT2D eigenvalue weighted by molar-refractivity contribution is -0.0324. The first-order chi connectivity index (χ1) is 13.3. The van der Waals surface area contributed by atoms with Gasteiger partial charge in [-0.05, 0) is 32.6 Å². The number of ether oxygens (including phenoxy) is 1. The van der Waals surface area contributed by atoms with E-state index in [1.165, 1.54) is 0 Å². The number of amides is 1. The van der Waals surface area contributed by atoms with Crippen LogP contribution in [-0.2, 0) is 4.74 Å². The average Bonchev–Trinajstić information content (AvgIpc) is 3.05. The summed E-state index contributed by atoms with van der Waals surface area (Å²) in [5.74, 6) is 1.78. The maximum Gasteiger partial charge on any atom is 0.410 e. The van der Waals surface area contributed by atoms with Crippen molar-refractivity contribution in [1.82, 2.24) is 29.8 Å². The molecule has 9 heteroatoms. The summed E-state index contributed by atoms with van der Waals surface area (Å²) >= 11 is 0. The minimum Gasteiger partial charge on any atom is -0.440 e. The number of nitrogens with zero attached hydrogens (tertiary/aromatic N) is 5. The molecule has 0 unspecified atom stereocenters. The number of aryl methyl sites for hydroxylation is 1. The Morgan fingerprint density at radius 3 is 2.64 bits per heavy atom. The van der Waals surface area contributed by atoms with E-state index < -0.39 is 0 Å². The fourth-order valence-corrected chi connectivity index (χ4v) is 3.71. The monoisotopic (exact) mass is 387 g/mol. The molecule has 0 bridgehead atoms. The standard InChI is InChI=1S/C19H29N7O2/c1-12(2)15-9-21-26-16(15)22-13(3)23-17(26)24-14-5-7-25(8-6-14)18(27)28-19(4)10-20-11-19/h9,12,14,20H,5-8,10-11H2,1-4H3,(H,22,23,24). The number of fused-ring (bicyclic) bond motifs is 1. The first-order valence-electron chi connectivity index (χ1n) is 10.0. The van der Waals surface area contributed by atoms with Crippen molar-refractivity contribution in [2.45, 2.75) is 58.1 Å². The van der Waals surface area contributed by atoms with E-state index in [9.17, 15) is 4.79 Å². The van der Waals surface area contributed by atoms with Gasteiger partial charge in [-0.25, -0.2) is 9.78 Å². The highest BCUT2D eigenvalue weighted by Gasteiger charge is 2.37. The molecular weight excluding hydrogens is 358 g/mol. The number of piperidine rings is 1. The minimum atomic E-state index is -0.357. The molecule has 152 valence electrons. The number of anilines is 1. The van der Waals surface area contributed by atoms with E-state index in [2.05, 4.69) is 39.5 Å². The summed E-state index contributed by atoms with van der Waals surface area (Å²) in [4.78, 5) is 23.3. The summed E-state index contributed by atoms with van der Waals surface area (Å²) in [6.07, 6.45) is 3.34. The van der Waals surface area contributed by atoms with Crippen molar-refractivity contribution in [2.75, 3.05) is 31.5 Å². The van der Waals surface area contributed by atoms with Crippen molar-refractivity contribution in [3.05, 3.63) is 17.6 Å². The van der Waals surface area contributed by atoms with Gasteiger partial charge in [0.15, 0.2) is 5.65 Å². The maximum atomic E-state index is 12.4. The van der Waals surface area contributed by atoms with Gasteiger partial charge < -0.3 is 20.3 Å². The molecule has 28 heavy (non-hydrogen) atoms. The fraction of sp³-hybridized carbons (Fsp3) is 0.684. The molecule has 0 radical (unpaired) electrons. The first-order valence-corrected chi connectivity index (χ1v) is 10.0. The molecule has 9 nitrogen and oxygen atoms in total. The fourth-order valence-electron chi connectivity index (χ4n) is 3.71. The highest BCUT2D eigenvalue weighted by Crippen LogP contribution is 2.23. The topological polar surface area (TPSA) is 96.7 Å². The number of rotatable bonds is 4. The van der Waals surface area contributed by atoms with Crippen LogP contribution >= 0.6 is 0 Å². The summed E-state index contributed by atoms with van der Waals surface area (Å²) in [5, 5.41) is 11.1. The normalized spacial score (nSPS) is 19.7. The summed E-state index contributed by atoms with van der Waals surface area (Å²) in [6, 6.07) is 0.231. The Balaban J connectivity index is 1.40. The second-order valence-electron chi connectivity index (χ2n) is 8.41. The average molecular weight is 387 g/mol. The van der Waals surface area contributed by atoms with E-state index in [4.69, 9.17) is 4.74 Å². The molecule has 0 saturated carbocycles. The molecule has 2 fully saturated rings. The summed E-state index contributed by atoms with van der Waals surface area (Å²) < 4.78 is 7.42. The predicted octanol–water partition coefficient (Wildman–Crippen LogP) is 1.93. The number of hydrogen-bond acceptors (Lipinski definition) is 7. The van der Waals surface area contributed by atoms with Crippen LogP contribution in [0, 0.1) is 6.92 Å². The Morgan fingerprint density at radius 2 is 2.04 bits per heavy atom. The first kappa shape index (κ1) is 18.9. The molecule has 1 amide bonds. The molecular formula is C19H29N7O2. The van der Waals surface area contributed by atoms with Crippen LogP contribution in [0.5, 0.6) is 0 Å². The Labute approximate surface area is 164 Å². The van der Waals surface area contributed by atoms with Crippen LogP contribution in [0.1, 0.15) is 50.9 Å². The van der Waals surface area contributed by atoms with Crippen LogP contribution in [0.15, 0.2) is 6.20 Å². The van der Waals surface area contributed by atoms with Gasteiger partial charge in [0.2, 0.25) is 5.95 Å². The zero-order valence-electron chi connectivity index (χ0n) is 17.0. The number of aromatic nitrogens is 4. The maximum absolute atomic E-state index is 12.4. The highest BCUT2D eigenvalue weighted by atomic mass is 16.6. The lowest BCUT2D eigenvalue weighted by atomic mass is 10.0. The Morgan fingerprint density at radius 1 is 1.32 bits per heavy atom. The number of hydrogen-bond donors (Lipinski definition) is 2. The predicted molar refractivity (Wildman–Crippen MR) is 106 cm³/mol. The van der Waals surface area contributed by atoms with Gasteiger partial charge in [-0.2, -0.15) is 14.6 Å². The third-order valence-corrected chi connectivity index (χ3v) is 5.55. The lowest BCUT2D eigenvalue weighted by Crippen LogP contribution is -2.61. The molecule has 2 saturated heterocycles. The quantitative estimate of drug-likeness (QED) is 0.827. The van der Waals surface area contributed by atoms with Crippen molar-refractivity contribution in [3.63, 3.8) is 0 Å². The summed E-state index contributed by atoms with van der Waals surface area (Å²) in [5.41, 5.74) is 1.61. The summed E-state index contributed by atoms with van der Waals surface area (Å²) in [7, 11) is 0. The van der Waals surface area contributed by atoms with Crippen LogP contribution < -0.4 is 10.6 Å². The minimum absolute atomic E-state index is 0.212. The van der Waals surface area contributed by atoms with Gasteiger partial charge in [0.05, 0.1) is 6.20 Å². The number of nitrogens with one attached hydrogen (secondary N) is 2. The molecule has 4 rings (SSSR count). The Kier molecular flexibility index (Phi) is 4.86. The smallest absolute Gasteiger partial charge is 0.410 e. The Bertz CT molecular complexity index is 867. The highest BCUT2D eigenvalue weighted by molar-refractivity contribution is 5.68. The summed E-state index contributed by atoms with van der Waals surface area (Å²) in [6.45, 7) is 10.9. The van der Waals surface area contributed by atoms with Gasteiger partial charge in [0.1, 0.15) is 11.4 Å². The van der Waals surface area contributed by atoms with Crippen LogP contribution in [0.3, 0.4) is 0 Å². The van der Waals surface area contributed by atoms with E-state index in [-0.39, 0.29) is 17.7 Å². The molecule has 2 N–H and O–H groups in total. The van der Waals surface area contributed by atoms with Crippen molar-refractivity contribution in [3.8, 4) is 0 Å². The Hall–Kier alpha value is -2.42.